The van der Waals surface area contributed by atoms with Crippen LogP contribution < -0.4 is 5.32 Å². The maximum absolute atomic E-state index is 13.0. The summed E-state index contributed by atoms with van der Waals surface area (Å²) in [6.45, 7) is 1.48. The molecule has 2 aromatic carbocycles. The van der Waals surface area contributed by atoms with Gasteiger partial charge in [-0.3, -0.25) is 14.4 Å². The average molecular weight is 412 g/mol. The number of rotatable bonds is 5. The van der Waals surface area contributed by atoms with E-state index in [9.17, 15) is 14.4 Å². The van der Waals surface area contributed by atoms with Crippen molar-refractivity contribution in [2.75, 3.05) is 11.9 Å². The molecule has 1 amide bonds. The van der Waals surface area contributed by atoms with Gasteiger partial charge in [0.15, 0.2) is 12.4 Å². The lowest BCUT2D eigenvalue weighted by Crippen LogP contribution is -2.35. The van der Waals surface area contributed by atoms with Gasteiger partial charge in [0.05, 0.1) is 11.3 Å². The van der Waals surface area contributed by atoms with Gasteiger partial charge < -0.3 is 10.1 Å². The zero-order valence-electron chi connectivity index (χ0n) is 16.2. The first-order valence-electron chi connectivity index (χ1n) is 9.82. The summed E-state index contributed by atoms with van der Waals surface area (Å²) in [6.07, 6.45) is 3.28. The Labute approximate surface area is 174 Å². The van der Waals surface area contributed by atoms with Crippen LogP contribution in [0.15, 0.2) is 42.5 Å². The van der Waals surface area contributed by atoms with E-state index >= 15 is 0 Å². The minimum atomic E-state index is -0.715. The minimum Gasteiger partial charge on any atom is -0.457 e. The van der Waals surface area contributed by atoms with E-state index in [4.69, 9.17) is 16.3 Å². The molecule has 1 aliphatic carbocycles. The number of ketones is 1. The van der Waals surface area contributed by atoms with Gasteiger partial charge in [-0.15, -0.1) is 0 Å². The molecule has 29 heavy (non-hydrogen) atoms. The Bertz CT molecular complexity index is 977. The van der Waals surface area contributed by atoms with Crippen molar-refractivity contribution in [2.24, 2.45) is 0 Å². The fraction of sp³-hybridized carbons (Fsp3) is 0.348. The molecule has 0 saturated heterocycles. The van der Waals surface area contributed by atoms with Crippen molar-refractivity contribution in [1.82, 2.24) is 0 Å². The highest BCUT2D eigenvalue weighted by Gasteiger charge is 2.44. The SMILES string of the molecule is C[C@@H]1C(=O)Nc2ccc(C(=O)COC(=O)C3(c4ccc(Cl)cc4)CCCC3)cc21. The van der Waals surface area contributed by atoms with E-state index in [1.54, 1.807) is 37.3 Å². The number of Topliss-reactive ketones (excluding diaryl/α,β-unsaturated/α-hetero) is 1. The Morgan fingerprint density at radius 3 is 2.52 bits per heavy atom. The van der Waals surface area contributed by atoms with E-state index in [0.717, 1.165) is 29.7 Å². The van der Waals surface area contributed by atoms with E-state index in [1.807, 2.05) is 12.1 Å². The van der Waals surface area contributed by atoms with Crippen LogP contribution in [0.25, 0.3) is 0 Å². The molecule has 0 aromatic heterocycles. The predicted octanol–water partition coefficient (Wildman–Crippen LogP) is 4.63. The number of halogens is 1. The minimum absolute atomic E-state index is 0.0813. The largest absolute Gasteiger partial charge is 0.457 e. The van der Waals surface area contributed by atoms with Crippen LogP contribution in [-0.4, -0.2) is 24.3 Å². The third kappa shape index (κ3) is 3.55. The van der Waals surface area contributed by atoms with Gasteiger partial charge in [-0.1, -0.05) is 36.6 Å². The van der Waals surface area contributed by atoms with Crippen molar-refractivity contribution >= 4 is 34.9 Å². The predicted molar refractivity (Wildman–Crippen MR) is 110 cm³/mol. The molecule has 2 aliphatic rings. The quantitative estimate of drug-likeness (QED) is 0.575. The number of amides is 1. The van der Waals surface area contributed by atoms with Gasteiger partial charge in [-0.2, -0.15) is 0 Å². The second-order valence-electron chi connectivity index (χ2n) is 7.81. The van der Waals surface area contributed by atoms with Crippen LogP contribution in [0.1, 0.15) is 60.0 Å². The lowest BCUT2D eigenvalue weighted by Gasteiger charge is -2.27. The average Bonchev–Trinajstić information content (AvgIpc) is 3.32. The molecular formula is C23H22ClNO4. The molecule has 1 aliphatic heterocycles. The van der Waals surface area contributed by atoms with Crippen LogP contribution in [0, 0.1) is 0 Å². The van der Waals surface area contributed by atoms with Crippen molar-refractivity contribution in [3.8, 4) is 0 Å². The van der Waals surface area contributed by atoms with Crippen molar-refractivity contribution in [2.45, 2.75) is 43.9 Å². The van der Waals surface area contributed by atoms with Crippen LogP contribution >= 0.6 is 11.6 Å². The molecule has 1 heterocycles. The first-order valence-corrected chi connectivity index (χ1v) is 10.2. The van der Waals surface area contributed by atoms with Gasteiger partial charge in [0, 0.05) is 16.3 Å². The first-order chi connectivity index (χ1) is 13.9. The topological polar surface area (TPSA) is 72.5 Å². The number of ether oxygens (including phenoxy) is 1. The highest BCUT2D eigenvalue weighted by atomic mass is 35.5. The molecule has 2 aromatic rings. The molecular weight excluding hydrogens is 390 g/mol. The number of esters is 1. The number of hydrogen-bond acceptors (Lipinski definition) is 4. The molecule has 0 spiro atoms. The molecule has 150 valence electrons. The summed E-state index contributed by atoms with van der Waals surface area (Å²) in [7, 11) is 0. The Kier molecular flexibility index (Phi) is 5.17. The zero-order valence-corrected chi connectivity index (χ0v) is 16.9. The van der Waals surface area contributed by atoms with Crippen molar-refractivity contribution < 1.29 is 19.1 Å². The molecule has 5 nitrogen and oxygen atoms in total. The standard InChI is InChI=1S/C23H22ClNO4/c1-14-18-12-15(4-9-19(18)25-21(14)27)20(26)13-29-22(28)23(10-2-3-11-23)16-5-7-17(24)8-6-16/h4-9,12,14H,2-3,10-11,13H2,1H3,(H,25,27)/t14-/m0/s1. The highest BCUT2D eigenvalue weighted by molar-refractivity contribution is 6.30. The van der Waals surface area contributed by atoms with Crippen LogP contribution in [0.5, 0.6) is 0 Å². The summed E-state index contributed by atoms with van der Waals surface area (Å²) in [5.74, 6) is -1.02. The summed E-state index contributed by atoms with van der Waals surface area (Å²) in [5.41, 5.74) is 2.12. The first kappa shape index (κ1) is 19.6. The Morgan fingerprint density at radius 1 is 1.14 bits per heavy atom. The van der Waals surface area contributed by atoms with Gasteiger partial charge in [0.25, 0.3) is 0 Å². The van der Waals surface area contributed by atoms with Gasteiger partial charge in [0.2, 0.25) is 5.91 Å². The third-order valence-corrected chi connectivity index (χ3v) is 6.32. The molecule has 6 heteroatoms. The smallest absolute Gasteiger partial charge is 0.317 e. The number of hydrogen-bond donors (Lipinski definition) is 1. The molecule has 0 radical (unpaired) electrons. The number of carbonyl (C=O) groups is 3. The molecule has 1 saturated carbocycles. The highest BCUT2D eigenvalue weighted by Crippen LogP contribution is 2.42. The summed E-state index contributed by atoms with van der Waals surface area (Å²) in [6, 6.07) is 12.4. The normalized spacial score (nSPS) is 19.5. The summed E-state index contributed by atoms with van der Waals surface area (Å²) in [4.78, 5) is 37.4. The fourth-order valence-corrected chi connectivity index (χ4v) is 4.43. The van der Waals surface area contributed by atoms with Crippen LogP contribution in [-0.2, 0) is 19.7 Å². The number of anilines is 1. The number of carbonyl (C=O) groups excluding carboxylic acids is 3. The molecule has 0 unspecified atom stereocenters. The lowest BCUT2D eigenvalue weighted by atomic mass is 9.79. The molecule has 1 fully saturated rings. The third-order valence-electron chi connectivity index (χ3n) is 6.07. The second kappa shape index (κ2) is 7.64. The Balaban J connectivity index is 1.48. The van der Waals surface area contributed by atoms with Crippen molar-refractivity contribution in [1.29, 1.82) is 0 Å². The van der Waals surface area contributed by atoms with Crippen LogP contribution in [0.4, 0.5) is 5.69 Å². The Hall–Kier alpha value is -2.66. The summed E-state index contributed by atoms with van der Waals surface area (Å²) in [5, 5.41) is 3.40. The van der Waals surface area contributed by atoms with Crippen LogP contribution in [0.3, 0.4) is 0 Å². The van der Waals surface area contributed by atoms with Crippen LogP contribution in [0.2, 0.25) is 5.02 Å². The van der Waals surface area contributed by atoms with Gasteiger partial charge in [-0.25, -0.2) is 0 Å². The van der Waals surface area contributed by atoms with E-state index in [1.165, 1.54) is 0 Å². The van der Waals surface area contributed by atoms with E-state index in [-0.39, 0.29) is 30.2 Å². The molecule has 1 N–H and O–H groups in total. The van der Waals surface area contributed by atoms with Crippen molar-refractivity contribution in [3.05, 3.63) is 64.2 Å². The molecule has 4 rings (SSSR count). The monoisotopic (exact) mass is 411 g/mol. The second-order valence-corrected chi connectivity index (χ2v) is 8.24. The molecule has 1 atom stereocenters. The Morgan fingerprint density at radius 2 is 1.83 bits per heavy atom. The maximum Gasteiger partial charge on any atom is 0.317 e. The van der Waals surface area contributed by atoms with E-state index in [2.05, 4.69) is 5.32 Å². The summed E-state index contributed by atoms with van der Waals surface area (Å²) >= 11 is 5.99. The van der Waals surface area contributed by atoms with Gasteiger partial charge >= 0.3 is 5.97 Å². The van der Waals surface area contributed by atoms with Gasteiger partial charge in [-0.05, 0) is 61.2 Å². The zero-order chi connectivity index (χ0) is 20.6. The van der Waals surface area contributed by atoms with Crippen molar-refractivity contribution in [3.63, 3.8) is 0 Å². The number of nitrogens with one attached hydrogen (secondary N) is 1. The maximum atomic E-state index is 13.0. The summed E-state index contributed by atoms with van der Waals surface area (Å²) < 4.78 is 5.49. The fourth-order valence-electron chi connectivity index (χ4n) is 4.30. The number of fused-ring (bicyclic) bond motifs is 1. The van der Waals surface area contributed by atoms with E-state index in [0.29, 0.717) is 23.4 Å². The number of benzene rings is 2. The molecule has 0 bridgehead atoms. The van der Waals surface area contributed by atoms with Gasteiger partial charge in [0.1, 0.15) is 0 Å². The lowest BCUT2D eigenvalue weighted by molar-refractivity contribution is -0.149. The van der Waals surface area contributed by atoms with E-state index < -0.39 is 5.41 Å².